The molecule has 1 aliphatic carbocycles. The van der Waals surface area contributed by atoms with Crippen LogP contribution in [-0.2, 0) is 0 Å². The van der Waals surface area contributed by atoms with Crippen molar-refractivity contribution in [3.8, 4) is 0 Å². The molecule has 0 aliphatic heterocycles. The average molecular weight is 222 g/mol. The molecule has 0 aromatic carbocycles. The lowest BCUT2D eigenvalue weighted by Gasteiger charge is -2.36. The number of nitrogens with zero attached hydrogens (tertiary/aromatic N) is 1. The Morgan fingerprint density at radius 1 is 1.25 bits per heavy atom. The fourth-order valence-corrected chi connectivity index (χ4v) is 2.75. The van der Waals surface area contributed by atoms with Crippen LogP contribution in [0.25, 0.3) is 0 Å². The summed E-state index contributed by atoms with van der Waals surface area (Å²) in [5.41, 5.74) is 7.04. The third-order valence-electron chi connectivity index (χ3n) is 3.92. The molecule has 1 aromatic heterocycles. The molecule has 2 rings (SSSR count). The molecule has 1 heterocycles. The molecule has 0 radical (unpaired) electrons. The monoisotopic (exact) mass is 222 g/mol. The van der Waals surface area contributed by atoms with Crippen LogP contribution in [-0.4, -0.2) is 5.16 Å². The van der Waals surface area contributed by atoms with Gasteiger partial charge in [0.15, 0.2) is 0 Å². The normalized spacial score (nSPS) is 26.9. The molecular formula is C13H22N2O. The Morgan fingerprint density at radius 2 is 1.88 bits per heavy atom. The second kappa shape index (κ2) is 4.11. The Balaban J connectivity index is 1.95. The van der Waals surface area contributed by atoms with Crippen molar-refractivity contribution in [2.75, 3.05) is 5.73 Å². The van der Waals surface area contributed by atoms with Crippen LogP contribution in [0, 0.1) is 11.3 Å². The summed E-state index contributed by atoms with van der Waals surface area (Å²) in [6.07, 6.45) is 5.02. The van der Waals surface area contributed by atoms with Crippen molar-refractivity contribution < 1.29 is 4.52 Å². The van der Waals surface area contributed by atoms with Crippen LogP contribution in [0.1, 0.15) is 58.1 Å². The maximum atomic E-state index is 5.55. The van der Waals surface area contributed by atoms with Crippen molar-refractivity contribution in [2.45, 2.75) is 52.4 Å². The Hall–Kier alpha value is -0.990. The highest BCUT2D eigenvalue weighted by atomic mass is 16.5. The molecule has 0 unspecified atom stereocenters. The number of aromatic nitrogens is 1. The van der Waals surface area contributed by atoms with Gasteiger partial charge in [0, 0.05) is 12.0 Å². The Kier molecular flexibility index (Phi) is 2.96. The molecule has 3 nitrogen and oxygen atoms in total. The van der Waals surface area contributed by atoms with Crippen molar-refractivity contribution in [1.29, 1.82) is 0 Å². The zero-order valence-corrected chi connectivity index (χ0v) is 10.5. The first kappa shape index (κ1) is 11.5. The van der Waals surface area contributed by atoms with E-state index in [0.29, 0.717) is 17.2 Å². The highest BCUT2D eigenvalue weighted by Crippen LogP contribution is 2.42. The zero-order valence-electron chi connectivity index (χ0n) is 10.5. The van der Waals surface area contributed by atoms with Crippen LogP contribution in [0.15, 0.2) is 10.6 Å². The van der Waals surface area contributed by atoms with Crippen LogP contribution in [0.5, 0.6) is 0 Å². The Bertz CT molecular complexity index is 343. The van der Waals surface area contributed by atoms with Gasteiger partial charge in [-0.2, -0.15) is 0 Å². The maximum absolute atomic E-state index is 5.55. The van der Waals surface area contributed by atoms with E-state index in [1.807, 2.05) is 6.07 Å². The second-order valence-electron chi connectivity index (χ2n) is 6.07. The summed E-state index contributed by atoms with van der Waals surface area (Å²) in [5, 5.41) is 4.03. The van der Waals surface area contributed by atoms with Crippen molar-refractivity contribution in [3.05, 3.63) is 11.8 Å². The molecule has 1 fully saturated rings. The number of nitrogens with two attached hydrogens (primary N) is 1. The highest BCUT2D eigenvalue weighted by Gasteiger charge is 2.31. The first-order valence-corrected chi connectivity index (χ1v) is 6.19. The molecular weight excluding hydrogens is 200 g/mol. The minimum Gasteiger partial charge on any atom is -0.368 e. The van der Waals surface area contributed by atoms with E-state index < -0.39 is 0 Å². The number of hydrogen-bond acceptors (Lipinski definition) is 3. The molecule has 1 saturated carbocycles. The predicted octanol–water partition coefficient (Wildman–Crippen LogP) is 3.58. The van der Waals surface area contributed by atoms with Gasteiger partial charge in [0.25, 0.3) is 0 Å². The van der Waals surface area contributed by atoms with Crippen molar-refractivity contribution in [3.63, 3.8) is 0 Å². The lowest BCUT2D eigenvalue weighted by molar-refractivity contribution is 0.167. The quantitative estimate of drug-likeness (QED) is 0.790. The van der Waals surface area contributed by atoms with Gasteiger partial charge >= 0.3 is 0 Å². The molecule has 90 valence electrons. The summed E-state index contributed by atoms with van der Waals surface area (Å²) in [4.78, 5) is 0. The van der Waals surface area contributed by atoms with Gasteiger partial charge in [-0.05, 0) is 37.0 Å². The third-order valence-corrected chi connectivity index (χ3v) is 3.92. The molecule has 0 spiro atoms. The molecule has 2 N–H and O–H groups in total. The van der Waals surface area contributed by atoms with Gasteiger partial charge in [-0.15, -0.1) is 0 Å². The van der Waals surface area contributed by atoms with Crippen molar-refractivity contribution in [1.82, 2.24) is 5.16 Å². The van der Waals surface area contributed by atoms with Crippen LogP contribution in [0.3, 0.4) is 0 Å². The summed E-state index contributed by atoms with van der Waals surface area (Å²) >= 11 is 0. The lowest BCUT2D eigenvalue weighted by Crippen LogP contribution is -2.25. The standard InChI is InChI=1S/C13H22N2O/c1-13(2,3)10-6-4-9(5-7-10)11-8-12(14)16-15-11/h8-10H,4-7,14H2,1-3H3. The molecule has 0 amide bonds. The maximum Gasteiger partial charge on any atom is 0.222 e. The first-order valence-electron chi connectivity index (χ1n) is 6.19. The highest BCUT2D eigenvalue weighted by molar-refractivity contribution is 5.26. The van der Waals surface area contributed by atoms with Crippen LogP contribution >= 0.6 is 0 Å². The second-order valence-corrected chi connectivity index (χ2v) is 6.07. The SMILES string of the molecule is CC(C)(C)C1CCC(c2cc(N)on2)CC1. The van der Waals surface area contributed by atoms with E-state index in [1.165, 1.54) is 25.7 Å². The molecule has 1 aromatic rings. The van der Waals surface area contributed by atoms with Crippen molar-refractivity contribution in [2.24, 2.45) is 11.3 Å². The Labute approximate surface area is 97.4 Å². The topological polar surface area (TPSA) is 52.0 Å². The number of hydrogen-bond donors (Lipinski definition) is 1. The van der Waals surface area contributed by atoms with Crippen LogP contribution < -0.4 is 5.73 Å². The fourth-order valence-electron chi connectivity index (χ4n) is 2.75. The van der Waals surface area contributed by atoms with E-state index >= 15 is 0 Å². The molecule has 1 aliphatic rings. The van der Waals surface area contributed by atoms with Gasteiger partial charge in [0.1, 0.15) is 0 Å². The lowest BCUT2D eigenvalue weighted by atomic mass is 9.69. The van der Waals surface area contributed by atoms with E-state index in [-0.39, 0.29) is 0 Å². The van der Waals surface area contributed by atoms with Crippen molar-refractivity contribution >= 4 is 5.88 Å². The van der Waals surface area contributed by atoms with Gasteiger partial charge < -0.3 is 10.3 Å². The molecule has 0 atom stereocenters. The summed E-state index contributed by atoms with van der Waals surface area (Å²) in [7, 11) is 0. The van der Waals surface area contributed by atoms with E-state index in [4.69, 9.17) is 10.3 Å². The molecule has 3 heteroatoms. The fraction of sp³-hybridized carbons (Fsp3) is 0.769. The molecule has 0 saturated heterocycles. The van der Waals surface area contributed by atoms with E-state index in [0.717, 1.165) is 11.6 Å². The minimum absolute atomic E-state index is 0.438. The van der Waals surface area contributed by atoms with Gasteiger partial charge in [-0.3, -0.25) is 0 Å². The number of anilines is 1. The van der Waals surface area contributed by atoms with Gasteiger partial charge in [0.05, 0.1) is 5.69 Å². The third kappa shape index (κ3) is 2.39. The average Bonchev–Trinajstić information content (AvgIpc) is 2.64. The van der Waals surface area contributed by atoms with Gasteiger partial charge in [0.2, 0.25) is 5.88 Å². The van der Waals surface area contributed by atoms with Crippen LogP contribution in [0.4, 0.5) is 5.88 Å². The number of rotatable bonds is 1. The van der Waals surface area contributed by atoms with Crippen LogP contribution in [0.2, 0.25) is 0 Å². The van der Waals surface area contributed by atoms with E-state index in [9.17, 15) is 0 Å². The van der Waals surface area contributed by atoms with E-state index in [2.05, 4.69) is 25.9 Å². The minimum atomic E-state index is 0.438. The molecule has 0 bridgehead atoms. The first-order chi connectivity index (χ1) is 7.47. The predicted molar refractivity (Wildman–Crippen MR) is 65.1 cm³/mol. The van der Waals surface area contributed by atoms with E-state index in [1.54, 1.807) is 0 Å². The summed E-state index contributed by atoms with van der Waals surface area (Å²) in [5.74, 6) is 1.83. The summed E-state index contributed by atoms with van der Waals surface area (Å²) in [6.45, 7) is 7.02. The number of nitrogen functional groups attached to an aromatic ring is 1. The van der Waals surface area contributed by atoms with Gasteiger partial charge in [-0.25, -0.2) is 0 Å². The zero-order chi connectivity index (χ0) is 11.8. The summed E-state index contributed by atoms with van der Waals surface area (Å²) < 4.78 is 4.94. The van der Waals surface area contributed by atoms with Gasteiger partial charge in [-0.1, -0.05) is 25.9 Å². The smallest absolute Gasteiger partial charge is 0.222 e. The largest absolute Gasteiger partial charge is 0.368 e. The Morgan fingerprint density at radius 3 is 2.31 bits per heavy atom. The molecule has 16 heavy (non-hydrogen) atoms. The summed E-state index contributed by atoms with van der Waals surface area (Å²) in [6, 6.07) is 1.88.